The number of piperazine rings is 1. The molecular weight excluding hydrogens is 844 g/mol. The number of nitrogen functional groups attached to an aromatic ring is 1. The summed E-state index contributed by atoms with van der Waals surface area (Å²) in [6, 6.07) is 21.2. The molecule has 17 nitrogen and oxygen atoms in total. The molecule has 66 heavy (non-hydrogen) atoms. The van der Waals surface area contributed by atoms with E-state index in [1.807, 2.05) is 47.3 Å². The summed E-state index contributed by atoms with van der Waals surface area (Å²) >= 11 is 0. The molecule has 1 atom stereocenters. The molecule has 0 spiro atoms. The van der Waals surface area contributed by atoms with Crippen LogP contribution in [0.3, 0.4) is 0 Å². The van der Waals surface area contributed by atoms with Crippen molar-refractivity contribution in [3.05, 3.63) is 119 Å². The second kappa shape index (κ2) is 17.8. The highest BCUT2D eigenvalue weighted by atomic mass is 19.1. The Labute approximate surface area is 379 Å². The van der Waals surface area contributed by atoms with Gasteiger partial charge in [0.2, 0.25) is 11.8 Å². The second-order valence-electron chi connectivity index (χ2n) is 17.2. The molecule has 4 amide bonds. The first-order valence-corrected chi connectivity index (χ1v) is 22.2. The number of anilines is 3. The lowest BCUT2D eigenvalue weighted by molar-refractivity contribution is -0.136. The van der Waals surface area contributed by atoms with Crippen LogP contribution in [0.1, 0.15) is 69.1 Å². The molecule has 0 bridgehead atoms. The lowest BCUT2D eigenvalue weighted by atomic mass is 10.0. The van der Waals surface area contributed by atoms with Gasteiger partial charge in [0.15, 0.2) is 5.65 Å². The molecule has 3 aromatic carbocycles. The van der Waals surface area contributed by atoms with Gasteiger partial charge in [-0.2, -0.15) is 5.10 Å². The van der Waals surface area contributed by atoms with Gasteiger partial charge in [-0.25, -0.2) is 24.0 Å². The van der Waals surface area contributed by atoms with Crippen LogP contribution in [0.25, 0.3) is 22.3 Å². The van der Waals surface area contributed by atoms with Crippen molar-refractivity contribution >= 4 is 52.0 Å². The van der Waals surface area contributed by atoms with E-state index in [1.54, 1.807) is 4.90 Å². The number of carbonyl (C=O) groups excluding carboxylic acids is 4. The van der Waals surface area contributed by atoms with E-state index in [4.69, 9.17) is 20.6 Å². The number of fused-ring (bicyclic) bond motifs is 2. The number of methoxy groups -OCH3 is 1. The number of piperidine rings is 2. The molecule has 0 radical (unpaired) electrons. The van der Waals surface area contributed by atoms with Gasteiger partial charge >= 0.3 is 0 Å². The van der Waals surface area contributed by atoms with Crippen molar-refractivity contribution in [3.63, 3.8) is 0 Å². The van der Waals surface area contributed by atoms with E-state index in [0.717, 1.165) is 98.5 Å². The first kappa shape index (κ1) is 42.5. The van der Waals surface area contributed by atoms with Crippen LogP contribution in [0.5, 0.6) is 5.75 Å². The first-order valence-electron chi connectivity index (χ1n) is 22.2. The number of hydrogen-bond acceptors (Lipinski definition) is 13. The highest BCUT2D eigenvalue weighted by molar-refractivity contribution is 6.05. The number of nitrogens with zero attached hydrogens (tertiary/aromatic N) is 9. The molecule has 3 saturated heterocycles. The summed E-state index contributed by atoms with van der Waals surface area (Å²) in [7, 11) is 1.44. The van der Waals surface area contributed by atoms with Crippen LogP contribution in [-0.2, 0) is 29.2 Å². The van der Waals surface area contributed by atoms with E-state index in [9.17, 15) is 23.6 Å². The SMILES string of the molecule is COc1ccc(F)cc1C(=O)NCc1ccc(-c2nn(C3CCN(c4ccc(CN5CCN(c6ccc7c(c6)CN([C@H]6CCC(=O)NC6=O)C7=O)CC5)cn4)CC3)c3ncnc(N)c23)cc1. The van der Waals surface area contributed by atoms with Crippen LogP contribution in [0.15, 0.2) is 85.3 Å². The monoisotopic (exact) mass is 892 g/mol. The minimum Gasteiger partial charge on any atom is -0.496 e. The lowest BCUT2D eigenvalue weighted by Crippen LogP contribution is -2.52. The van der Waals surface area contributed by atoms with Gasteiger partial charge in [0.05, 0.1) is 24.1 Å². The van der Waals surface area contributed by atoms with E-state index in [2.05, 4.69) is 53.5 Å². The average Bonchev–Trinajstić information content (AvgIpc) is 3.89. The smallest absolute Gasteiger partial charge is 0.255 e. The van der Waals surface area contributed by atoms with Gasteiger partial charge in [-0.1, -0.05) is 30.3 Å². The van der Waals surface area contributed by atoms with Gasteiger partial charge < -0.3 is 30.5 Å². The summed E-state index contributed by atoms with van der Waals surface area (Å²) in [4.78, 5) is 72.6. The Balaban J connectivity index is 0.725. The van der Waals surface area contributed by atoms with Crippen LogP contribution in [0, 0.1) is 5.82 Å². The number of amides is 4. The van der Waals surface area contributed by atoms with Crippen molar-refractivity contribution < 1.29 is 28.3 Å². The highest BCUT2D eigenvalue weighted by Gasteiger charge is 2.39. The predicted molar refractivity (Wildman–Crippen MR) is 244 cm³/mol. The van der Waals surface area contributed by atoms with Crippen LogP contribution in [-0.4, -0.2) is 111 Å². The molecule has 0 aliphatic carbocycles. The molecule has 6 aromatic rings. The van der Waals surface area contributed by atoms with Gasteiger partial charge in [-0.15, -0.1) is 0 Å². The molecule has 3 fully saturated rings. The van der Waals surface area contributed by atoms with Crippen LogP contribution >= 0.6 is 0 Å². The molecule has 18 heteroatoms. The lowest BCUT2D eigenvalue weighted by Gasteiger charge is -2.36. The molecule has 7 heterocycles. The average molecular weight is 893 g/mol. The van der Waals surface area contributed by atoms with Crippen LogP contribution in [0.2, 0.25) is 0 Å². The first-order chi connectivity index (χ1) is 32.1. The third kappa shape index (κ3) is 8.34. The van der Waals surface area contributed by atoms with Gasteiger partial charge in [0.1, 0.15) is 41.3 Å². The number of carbonyl (C=O) groups is 4. The third-order valence-electron chi connectivity index (χ3n) is 13.2. The fraction of sp³-hybridized carbons (Fsp3) is 0.333. The standard InChI is InChI=1S/C48H49FN12O5/c1-66-39-11-7-33(49)23-37(39)46(63)52-24-29-2-5-31(6-3-29)43-42-44(50)53-28-54-45(42)61(56-43)34-14-16-59(17-15-34)40-12-4-30(25-51-40)26-57-18-20-58(21-19-57)35-8-9-36-32(22-35)27-60(48(36)65)38-10-13-41(62)55-47(38)64/h2-9,11-12,22-23,25,28,34,38H,10,13-21,24,26-27H2,1H3,(H,52,63)(H2,50,53,54)(H,55,62,64)/t38-/m0/s1. The summed E-state index contributed by atoms with van der Waals surface area (Å²) in [5, 5.41) is 11.0. The fourth-order valence-corrected chi connectivity index (χ4v) is 9.58. The largest absolute Gasteiger partial charge is 0.496 e. The maximum absolute atomic E-state index is 13.9. The fourth-order valence-electron chi connectivity index (χ4n) is 9.58. The van der Waals surface area contributed by atoms with Gasteiger partial charge in [-0.05, 0) is 78.4 Å². The number of nitrogens with two attached hydrogens (primary N) is 1. The highest BCUT2D eigenvalue weighted by Crippen LogP contribution is 2.36. The number of rotatable bonds is 11. The Hall–Kier alpha value is -7.47. The molecule has 10 rings (SSSR count). The van der Waals surface area contributed by atoms with Crippen molar-refractivity contribution in [3.8, 4) is 17.0 Å². The number of imide groups is 1. The normalized spacial score (nSPS) is 18.2. The van der Waals surface area contributed by atoms with Crippen molar-refractivity contribution in [2.75, 3.05) is 61.9 Å². The van der Waals surface area contributed by atoms with Gasteiger partial charge in [0, 0.05) is 88.3 Å². The maximum Gasteiger partial charge on any atom is 0.255 e. The van der Waals surface area contributed by atoms with Crippen molar-refractivity contribution in [2.45, 2.75) is 57.4 Å². The molecule has 338 valence electrons. The van der Waals surface area contributed by atoms with Gasteiger partial charge in [-0.3, -0.25) is 29.4 Å². The van der Waals surface area contributed by atoms with E-state index in [-0.39, 0.29) is 36.4 Å². The van der Waals surface area contributed by atoms with E-state index in [1.165, 1.54) is 25.6 Å². The Kier molecular flexibility index (Phi) is 11.5. The molecule has 4 aliphatic rings. The topological polar surface area (TPSA) is 197 Å². The summed E-state index contributed by atoms with van der Waals surface area (Å²) < 4.78 is 21.1. The van der Waals surface area contributed by atoms with E-state index >= 15 is 0 Å². The van der Waals surface area contributed by atoms with E-state index in [0.29, 0.717) is 46.8 Å². The predicted octanol–water partition coefficient (Wildman–Crippen LogP) is 4.47. The minimum absolute atomic E-state index is 0.0888. The summed E-state index contributed by atoms with van der Waals surface area (Å²) in [5.41, 5.74) is 13.4. The minimum atomic E-state index is -0.622. The van der Waals surface area contributed by atoms with Crippen molar-refractivity contribution in [1.82, 2.24) is 45.2 Å². The quantitative estimate of drug-likeness (QED) is 0.154. The van der Waals surface area contributed by atoms with Crippen LogP contribution in [0.4, 0.5) is 21.7 Å². The molecule has 3 aromatic heterocycles. The zero-order valence-corrected chi connectivity index (χ0v) is 36.5. The molecule has 0 saturated carbocycles. The summed E-state index contributed by atoms with van der Waals surface area (Å²) in [6.07, 6.45) is 5.70. The number of ether oxygens (including phenoxy) is 1. The number of pyridine rings is 1. The maximum atomic E-state index is 13.9. The molecule has 0 unspecified atom stereocenters. The van der Waals surface area contributed by atoms with Gasteiger partial charge in [0.25, 0.3) is 11.8 Å². The Bertz CT molecular complexity index is 2840. The number of halogens is 1. The van der Waals surface area contributed by atoms with Crippen molar-refractivity contribution in [1.29, 1.82) is 0 Å². The number of aromatic nitrogens is 5. The number of benzene rings is 3. The Morgan fingerprint density at radius 3 is 2.41 bits per heavy atom. The molecular formula is C48H49FN12O5. The third-order valence-corrected chi connectivity index (χ3v) is 13.2. The van der Waals surface area contributed by atoms with E-state index < -0.39 is 23.7 Å². The second-order valence-corrected chi connectivity index (χ2v) is 17.2. The van der Waals surface area contributed by atoms with Crippen LogP contribution < -0.4 is 30.9 Å². The molecule has 4 N–H and O–H groups in total. The van der Waals surface area contributed by atoms with Crippen molar-refractivity contribution in [2.24, 2.45) is 0 Å². The zero-order chi connectivity index (χ0) is 45.5. The summed E-state index contributed by atoms with van der Waals surface area (Å²) in [6.45, 7) is 6.45. The number of hydrogen-bond donors (Lipinski definition) is 3. The Morgan fingerprint density at radius 1 is 0.879 bits per heavy atom. The Morgan fingerprint density at radius 2 is 1.67 bits per heavy atom. The molecule has 4 aliphatic heterocycles. The summed E-state index contributed by atoms with van der Waals surface area (Å²) in [5.74, 6) is -0.220. The zero-order valence-electron chi connectivity index (χ0n) is 36.5. The number of nitrogens with one attached hydrogen (secondary N) is 2.